The molecule has 0 aliphatic rings. The van der Waals surface area contributed by atoms with Crippen LogP contribution in [0.25, 0.3) is 22.3 Å². The van der Waals surface area contributed by atoms with E-state index in [4.69, 9.17) is 0 Å². The van der Waals surface area contributed by atoms with E-state index < -0.39 is 0 Å². The lowest BCUT2D eigenvalue weighted by Crippen LogP contribution is -2.04. The van der Waals surface area contributed by atoms with Crippen LogP contribution in [0.4, 0.5) is 0 Å². The standard InChI is InChI=1S/C31H37N/c1-19(2)23-12-9-13-24(20(3)4)30(23)27-16-11-17-28(29(27)18-32)31-25(21(5)6)14-10-15-26(31)22(7)8/h9-17,19-22H,1-8H3. The minimum atomic E-state index is 0.382. The van der Waals surface area contributed by atoms with Gasteiger partial charge in [-0.3, -0.25) is 0 Å². The monoisotopic (exact) mass is 423 g/mol. The molecule has 0 saturated heterocycles. The highest BCUT2D eigenvalue weighted by atomic mass is 14.3. The Hall–Kier alpha value is -2.85. The molecule has 3 rings (SSSR count). The number of hydrogen-bond acceptors (Lipinski definition) is 1. The molecule has 0 amide bonds. The molecule has 0 fully saturated rings. The number of nitrogens with zero attached hydrogens (tertiary/aromatic N) is 1. The van der Waals surface area contributed by atoms with Crippen LogP contribution in [0.2, 0.25) is 0 Å². The first kappa shape index (κ1) is 23.8. The summed E-state index contributed by atoms with van der Waals surface area (Å²) in [5.74, 6) is 1.53. The summed E-state index contributed by atoms with van der Waals surface area (Å²) in [6.45, 7) is 17.9. The van der Waals surface area contributed by atoms with Crippen LogP contribution in [0, 0.1) is 11.3 Å². The van der Waals surface area contributed by atoms with Crippen molar-refractivity contribution in [3.8, 4) is 28.3 Å². The Morgan fingerprint density at radius 1 is 0.500 bits per heavy atom. The topological polar surface area (TPSA) is 23.8 Å². The van der Waals surface area contributed by atoms with Gasteiger partial charge < -0.3 is 0 Å². The van der Waals surface area contributed by atoms with E-state index in [1.165, 1.54) is 33.4 Å². The molecule has 1 nitrogen and oxygen atoms in total. The minimum Gasteiger partial charge on any atom is -0.192 e. The summed E-state index contributed by atoms with van der Waals surface area (Å²) in [6.07, 6.45) is 0. The number of benzene rings is 3. The van der Waals surface area contributed by atoms with Gasteiger partial charge in [0.25, 0.3) is 0 Å². The largest absolute Gasteiger partial charge is 0.192 e. The van der Waals surface area contributed by atoms with Crippen molar-refractivity contribution in [2.24, 2.45) is 0 Å². The number of nitriles is 1. The van der Waals surface area contributed by atoms with Crippen LogP contribution in [-0.4, -0.2) is 0 Å². The highest BCUT2D eigenvalue weighted by Crippen LogP contribution is 2.43. The second kappa shape index (κ2) is 9.74. The van der Waals surface area contributed by atoms with Gasteiger partial charge in [0.2, 0.25) is 0 Å². The fourth-order valence-corrected chi connectivity index (χ4v) is 4.81. The van der Waals surface area contributed by atoms with Gasteiger partial charge in [-0.05, 0) is 57.1 Å². The van der Waals surface area contributed by atoms with Gasteiger partial charge in [0.1, 0.15) is 6.07 Å². The second-order valence-corrected chi connectivity index (χ2v) is 10.1. The van der Waals surface area contributed by atoms with Crippen molar-refractivity contribution in [3.63, 3.8) is 0 Å². The SMILES string of the molecule is CC(C)c1cccc(C(C)C)c1-c1cccc(-c2c(C(C)C)cccc2C(C)C)c1C#N. The van der Waals surface area contributed by atoms with Gasteiger partial charge in [0.15, 0.2) is 0 Å². The van der Waals surface area contributed by atoms with E-state index in [0.29, 0.717) is 23.7 Å². The first-order valence-corrected chi connectivity index (χ1v) is 12.0. The summed E-state index contributed by atoms with van der Waals surface area (Å²) in [7, 11) is 0. The highest BCUT2D eigenvalue weighted by Gasteiger charge is 2.23. The molecule has 0 bridgehead atoms. The van der Waals surface area contributed by atoms with Gasteiger partial charge >= 0.3 is 0 Å². The van der Waals surface area contributed by atoms with E-state index >= 15 is 0 Å². The molecule has 0 heterocycles. The zero-order valence-corrected chi connectivity index (χ0v) is 21.0. The second-order valence-electron chi connectivity index (χ2n) is 10.1. The van der Waals surface area contributed by atoms with Crippen LogP contribution in [0.1, 0.15) is 107 Å². The molecule has 3 aromatic carbocycles. The molecule has 1 heteroatoms. The van der Waals surface area contributed by atoms with Crippen LogP contribution >= 0.6 is 0 Å². The van der Waals surface area contributed by atoms with E-state index in [1.54, 1.807) is 0 Å². The van der Waals surface area contributed by atoms with Crippen molar-refractivity contribution in [1.82, 2.24) is 0 Å². The fraction of sp³-hybridized carbons (Fsp3) is 0.387. The predicted octanol–water partition coefficient (Wildman–Crippen LogP) is 9.39. The normalized spacial score (nSPS) is 11.6. The third-order valence-electron chi connectivity index (χ3n) is 6.46. The van der Waals surface area contributed by atoms with Crippen molar-refractivity contribution >= 4 is 0 Å². The summed E-state index contributed by atoms with van der Waals surface area (Å²) >= 11 is 0. The van der Waals surface area contributed by atoms with Crippen molar-refractivity contribution in [1.29, 1.82) is 5.26 Å². The molecule has 0 unspecified atom stereocenters. The molecule has 0 radical (unpaired) electrons. The van der Waals surface area contributed by atoms with Crippen LogP contribution in [-0.2, 0) is 0 Å². The fourth-order valence-electron chi connectivity index (χ4n) is 4.81. The van der Waals surface area contributed by atoms with E-state index in [1.807, 2.05) is 0 Å². The highest BCUT2D eigenvalue weighted by molar-refractivity contribution is 5.87. The van der Waals surface area contributed by atoms with Gasteiger partial charge in [-0.2, -0.15) is 5.26 Å². The molecular formula is C31H37N. The van der Waals surface area contributed by atoms with Crippen LogP contribution in [0.3, 0.4) is 0 Å². The Labute approximate surface area is 195 Å². The molecule has 0 aliphatic heterocycles. The van der Waals surface area contributed by atoms with Gasteiger partial charge in [-0.25, -0.2) is 0 Å². The zero-order chi connectivity index (χ0) is 23.6. The summed E-state index contributed by atoms with van der Waals surface area (Å²) < 4.78 is 0. The zero-order valence-electron chi connectivity index (χ0n) is 21.0. The molecule has 3 aromatic rings. The maximum atomic E-state index is 10.5. The maximum Gasteiger partial charge on any atom is 0.100 e. The maximum absolute atomic E-state index is 10.5. The minimum absolute atomic E-state index is 0.382. The lowest BCUT2D eigenvalue weighted by atomic mass is 9.79. The van der Waals surface area contributed by atoms with Gasteiger partial charge in [-0.1, -0.05) is 110 Å². The lowest BCUT2D eigenvalue weighted by molar-refractivity contribution is 0.837. The number of rotatable bonds is 6. The molecule has 0 atom stereocenters. The molecule has 0 aromatic heterocycles. The van der Waals surface area contributed by atoms with Crippen molar-refractivity contribution < 1.29 is 0 Å². The third kappa shape index (κ3) is 4.37. The lowest BCUT2D eigenvalue weighted by Gasteiger charge is -2.24. The Kier molecular flexibility index (Phi) is 7.25. The molecule has 0 spiro atoms. The summed E-state index contributed by atoms with van der Waals surface area (Å²) in [6, 6.07) is 22.3. The predicted molar refractivity (Wildman–Crippen MR) is 138 cm³/mol. The van der Waals surface area contributed by atoms with E-state index in [-0.39, 0.29) is 0 Å². The first-order chi connectivity index (χ1) is 15.2. The molecular weight excluding hydrogens is 386 g/mol. The summed E-state index contributed by atoms with van der Waals surface area (Å²) in [5, 5.41) is 10.5. The van der Waals surface area contributed by atoms with Crippen molar-refractivity contribution in [2.45, 2.75) is 79.1 Å². The summed E-state index contributed by atoms with van der Waals surface area (Å²) in [4.78, 5) is 0. The van der Waals surface area contributed by atoms with Crippen molar-refractivity contribution in [3.05, 3.63) is 82.4 Å². The Morgan fingerprint density at radius 3 is 1.03 bits per heavy atom. The van der Waals surface area contributed by atoms with Gasteiger partial charge in [-0.15, -0.1) is 0 Å². The van der Waals surface area contributed by atoms with Crippen LogP contribution in [0.15, 0.2) is 54.6 Å². The third-order valence-corrected chi connectivity index (χ3v) is 6.46. The van der Waals surface area contributed by atoms with Gasteiger partial charge in [0.05, 0.1) is 5.56 Å². The average molecular weight is 424 g/mol. The van der Waals surface area contributed by atoms with E-state index in [9.17, 15) is 5.26 Å². The molecule has 0 saturated carbocycles. The quantitative estimate of drug-likeness (QED) is 0.387. The molecule has 166 valence electrons. The molecule has 0 N–H and O–H groups in total. The Morgan fingerprint density at radius 2 is 0.781 bits per heavy atom. The van der Waals surface area contributed by atoms with Crippen LogP contribution < -0.4 is 0 Å². The Balaban J connectivity index is 2.45. The average Bonchev–Trinajstić information content (AvgIpc) is 2.77. The number of hydrogen-bond donors (Lipinski definition) is 0. The smallest absolute Gasteiger partial charge is 0.100 e. The van der Waals surface area contributed by atoms with Gasteiger partial charge in [0, 0.05) is 11.1 Å². The summed E-state index contributed by atoms with van der Waals surface area (Å²) in [5.41, 5.74) is 10.6. The van der Waals surface area contributed by atoms with E-state index in [2.05, 4.69) is 116 Å². The Bertz CT molecular complexity index is 1010. The molecule has 32 heavy (non-hydrogen) atoms. The van der Waals surface area contributed by atoms with Crippen molar-refractivity contribution in [2.75, 3.05) is 0 Å². The van der Waals surface area contributed by atoms with Crippen LogP contribution in [0.5, 0.6) is 0 Å². The molecule has 0 aliphatic carbocycles. The van der Waals surface area contributed by atoms with E-state index in [0.717, 1.165) is 16.7 Å². The first-order valence-electron chi connectivity index (χ1n) is 12.0.